The highest BCUT2D eigenvalue weighted by molar-refractivity contribution is 5.95. The molecule has 144 valence electrons. The topological polar surface area (TPSA) is 97.4 Å². The lowest BCUT2D eigenvalue weighted by Crippen LogP contribution is -2.45. The summed E-state index contributed by atoms with van der Waals surface area (Å²) < 4.78 is 5.20. The van der Waals surface area contributed by atoms with Gasteiger partial charge in [0, 0.05) is 12.6 Å². The zero-order valence-corrected chi connectivity index (χ0v) is 16.2. The van der Waals surface area contributed by atoms with Crippen LogP contribution in [0.3, 0.4) is 0 Å². The summed E-state index contributed by atoms with van der Waals surface area (Å²) >= 11 is 0. The van der Waals surface area contributed by atoms with Crippen LogP contribution in [0.5, 0.6) is 0 Å². The van der Waals surface area contributed by atoms with Gasteiger partial charge in [-0.25, -0.2) is 9.78 Å². The summed E-state index contributed by atoms with van der Waals surface area (Å²) in [4.78, 5) is 39.6. The van der Waals surface area contributed by atoms with E-state index < -0.39 is 17.7 Å². The molecule has 0 fully saturated rings. The molecule has 0 radical (unpaired) electrons. The van der Waals surface area contributed by atoms with Crippen molar-refractivity contribution in [2.24, 2.45) is 0 Å². The van der Waals surface area contributed by atoms with Crippen molar-refractivity contribution in [3.63, 3.8) is 0 Å². The van der Waals surface area contributed by atoms with E-state index in [-0.39, 0.29) is 11.7 Å². The van der Waals surface area contributed by atoms with E-state index in [1.807, 2.05) is 13.0 Å². The number of carbonyl (C=O) groups excluding carboxylic acids is 3. The molecule has 1 atom stereocenters. The summed E-state index contributed by atoms with van der Waals surface area (Å²) in [7, 11) is 0. The third-order valence-corrected chi connectivity index (χ3v) is 3.43. The minimum Gasteiger partial charge on any atom is -0.444 e. The number of rotatable bonds is 8. The first kappa shape index (κ1) is 21.6. The molecular weight excluding hydrogens is 334 g/mol. The van der Waals surface area contributed by atoms with E-state index in [0.717, 1.165) is 12.0 Å². The van der Waals surface area contributed by atoms with Crippen molar-refractivity contribution in [1.82, 2.24) is 10.3 Å². The highest BCUT2D eigenvalue weighted by atomic mass is 16.6. The van der Waals surface area contributed by atoms with E-state index in [1.54, 1.807) is 40.0 Å². The number of hydrogen-bond acceptors (Lipinski definition) is 5. The largest absolute Gasteiger partial charge is 0.444 e. The molecule has 26 heavy (non-hydrogen) atoms. The van der Waals surface area contributed by atoms with Gasteiger partial charge >= 0.3 is 6.09 Å². The van der Waals surface area contributed by atoms with Crippen molar-refractivity contribution in [3.05, 3.63) is 23.9 Å². The number of nitrogens with one attached hydrogen (secondary N) is 2. The van der Waals surface area contributed by atoms with Gasteiger partial charge in [-0.1, -0.05) is 19.4 Å². The molecular formula is C19H29N3O4. The fourth-order valence-electron chi connectivity index (χ4n) is 2.19. The normalized spacial score (nSPS) is 12.2. The number of ketones is 1. The van der Waals surface area contributed by atoms with Gasteiger partial charge < -0.3 is 20.2 Å². The highest BCUT2D eigenvalue weighted by Crippen LogP contribution is 2.11. The number of aromatic nitrogens is 1. The molecule has 1 unspecified atom stereocenters. The van der Waals surface area contributed by atoms with Gasteiger partial charge in [0.15, 0.2) is 0 Å². The van der Waals surface area contributed by atoms with Crippen LogP contribution >= 0.6 is 0 Å². The van der Waals surface area contributed by atoms with Gasteiger partial charge in [-0.2, -0.15) is 0 Å². The summed E-state index contributed by atoms with van der Waals surface area (Å²) in [5.41, 5.74) is 0.296. The summed E-state index contributed by atoms with van der Waals surface area (Å²) in [6.07, 6.45) is 3.31. The Hall–Kier alpha value is -2.44. The van der Waals surface area contributed by atoms with Crippen LogP contribution in [0.2, 0.25) is 0 Å². The van der Waals surface area contributed by atoms with Crippen molar-refractivity contribution in [2.75, 3.05) is 5.32 Å². The number of nitrogens with zero attached hydrogens (tertiary/aromatic N) is 1. The minimum absolute atomic E-state index is 0.123. The fraction of sp³-hybridized carbons (Fsp3) is 0.579. The van der Waals surface area contributed by atoms with Gasteiger partial charge in [0.1, 0.15) is 23.2 Å². The maximum absolute atomic E-state index is 12.4. The number of Topliss-reactive ketones (excluding diaryl/α,β-unsaturated/α-hetero) is 1. The van der Waals surface area contributed by atoms with Crippen LogP contribution in [-0.2, 0) is 20.7 Å². The summed E-state index contributed by atoms with van der Waals surface area (Å²) in [5.74, 6) is 0.174. The van der Waals surface area contributed by atoms with Crippen LogP contribution < -0.4 is 10.6 Å². The fourth-order valence-corrected chi connectivity index (χ4v) is 2.19. The summed E-state index contributed by atoms with van der Waals surface area (Å²) in [6.45, 7) is 8.77. The number of anilines is 1. The predicted octanol–water partition coefficient (Wildman–Crippen LogP) is 3.24. The molecule has 0 bridgehead atoms. The standard InChI is InChI=1S/C19H29N3O4/c1-6-7-15(21-18(25)26-19(3,4)5)17(24)22-16-11-10-14(12-20-16)9-8-13(2)23/h10-12,15H,6-9H2,1-5H3,(H,21,25)(H,20,22,24). The second-order valence-corrected chi connectivity index (χ2v) is 7.23. The van der Waals surface area contributed by atoms with Crippen molar-refractivity contribution < 1.29 is 19.1 Å². The average Bonchev–Trinajstić information content (AvgIpc) is 2.52. The Morgan fingerprint density at radius 3 is 2.42 bits per heavy atom. The van der Waals surface area contributed by atoms with Crippen LogP contribution in [0.1, 0.15) is 59.4 Å². The van der Waals surface area contributed by atoms with E-state index in [1.165, 1.54) is 0 Å². The number of alkyl carbamates (subject to hydrolysis) is 1. The second kappa shape index (κ2) is 9.89. The Kier molecular flexibility index (Phi) is 8.22. The number of aryl methyl sites for hydroxylation is 1. The molecule has 0 saturated carbocycles. The van der Waals surface area contributed by atoms with E-state index >= 15 is 0 Å². The average molecular weight is 363 g/mol. The van der Waals surface area contributed by atoms with Crippen LogP contribution in [0.25, 0.3) is 0 Å². The molecule has 0 aliphatic rings. The molecule has 0 saturated heterocycles. The van der Waals surface area contributed by atoms with Gasteiger partial charge in [0.25, 0.3) is 0 Å². The van der Waals surface area contributed by atoms with Crippen LogP contribution in [0, 0.1) is 0 Å². The maximum Gasteiger partial charge on any atom is 0.408 e. The second-order valence-electron chi connectivity index (χ2n) is 7.23. The number of hydrogen-bond donors (Lipinski definition) is 2. The maximum atomic E-state index is 12.4. The molecule has 0 spiro atoms. The van der Waals surface area contributed by atoms with E-state index in [9.17, 15) is 14.4 Å². The number of pyridine rings is 1. The first-order valence-corrected chi connectivity index (χ1v) is 8.85. The molecule has 1 aromatic heterocycles. The lowest BCUT2D eigenvalue weighted by atomic mass is 10.1. The SMILES string of the molecule is CCCC(NC(=O)OC(C)(C)C)C(=O)Nc1ccc(CCC(C)=O)cn1. The Morgan fingerprint density at radius 2 is 1.92 bits per heavy atom. The molecule has 0 aromatic carbocycles. The third-order valence-electron chi connectivity index (χ3n) is 3.43. The molecule has 7 heteroatoms. The van der Waals surface area contributed by atoms with E-state index in [2.05, 4.69) is 15.6 Å². The number of amides is 2. The Bertz CT molecular complexity index is 621. The molecule has 1 aromatic rings. The summed E-state index contributed by atoms with van der Waals surface area (Å²) in [6, 6.07) is 2.81. The molecule has 2 amide bonds. The first-order chi connectivity index (χ1) is 12.1. The lowest BCUT2D eigenvalue weighted by molar-refractivity contribution is -0.118. The van der Waals surface area contributed by atoms with Crippen LogP contribution in [0.4, 0.5) is 10.6 Å². The van der Waals surface area contributed by atoms with Gasteiger partial charge in [-0.15, -0.1) is 0 Å². The van der Waals surface area contributed by atoms with Crippen molar-refractivity contribution in [1.29, 1.82) is 0 Å². The molecule has 2 N–H and O–H groups in total. The molecule has 1 rings (SSSR count). The van der Waals surface area contributed by atoms with Crippen LogP contribution in [-0.4, -0.2) is 34.4 Å². The van der Waals surface area contributed by atoms with Gasteiger partial charge in [0.2, 0.25) is 5.91 Å². The predicted molar refractivity (Wildman–Crippen MR) is 99.9 cm³/mol. The van der Waals surface area contributed by atoms with Gasteiger partial charge in [-0.3, -0.25) is 4.79 Å². The van der Waals surface area contributed by atoms with E-state index in [0.29, 0.717) is 25.1 Å². The van der Waals surface area contributed by atoms with Gasteiger partial charge in [-0.05, 0) is 52.2 Å². The minimum atomic E-state index is -0.700. The quantitative estimate of drug-likeness (QED) is 0.739. The monoisotopic (exact) mass is 363 g/mol. The molecule has 7 nitrogen and oxygen atoms in total. The van der Waals surface area contributed by atoms with Crippen LogP contribution in [0.15, 0.2) is 18.3 Å². The van der Waals surface area contributed by atoms with Gasteiger partial charge in [0.05, 0.1) is 0 Å². The molecule has 1 heterocycles. The Labute approximate surface area is 154 Å². The van der Waals surface area contributed by atoms with Crippen molar-refractivity contribution >= 4 is 23.6 Å². The highest BCUT2D eigenvalue weighted by Gasteiger charge is 2.24. The zero-order valence-electron chi connectivity index (χ0n) is 16.2. The molecule has 0 aliphatic heterocycles. The van der Waals surface area contributed by atoms with E-state index in [4.69, 9.17) is 4.74 Å². The smallest absolute Gasteiger partial charge is 0.408 e. The summed E-state index contributed by atoms with van der Waals surface area (Å²) in [5, 5.41) is 5.30. The first-order valence-electron chi connectivity index (χ1n) is 8.85. The van der Waals surface area contributed by atoms with Crippen molar-refractivity contribution in [2.45, 2.75) is 71.9 Å². The molecule has 0 aliphatic carbocycles. The number of ether oxygens (including phenoxy) is 1. The Morgan fingerprint density at radius 1 is 1.23 bits per heavy atom. The van der Waals surface area contributed by atoms with Crippen molar-refractivity contribution in [3.8, 4) is 0 Å². The zero-order chi connectivity index (χ0) is 19.7. The Balaban J connectivity index is 2.66. The third kappa shape index (κ3) is 8.60. The lowest BCUT2D eigenvalue weighted by Gasteiger charge is -2.23. The number of carbonyl (C=O) groups is 3.